The maximum absolute atomic E-state index is 12.4. The number of hydrogen-bond donors (Lipinski definition) is 1. The number of thioether (sulfide) groups is 1. The summed E-state index contributed by atoms with van der Waals surface area (Å²) in [5, 5.41) is 0.740. The van der Waals surface area contributed by atoms with Crippen molar-refractivity contribution in [3.8, 4) is 11.5 Å². The van der Waals surface area contributed by atoms with E-state index >= 15 is 0 Å². The number of ether oxygens (including phenoxy) is 2. The van der Waals surface area contributed by atoms with Crippen LogP contribution in [-0.4, -0.2) is 35.7 Å². The minimum Gasteiger partial charge on any atom is -0.493 e. The predicted octanol–water partition coefficient (Wildman–Crippen LogP) is 3.86. The van der Waals surface area contributed by atoms with Crippen molar-refractivity contribution in [2.45, 2.75) is 12.1 Å². The van der Waals surface area contributed by atoms with E-state index < -0.39 is 0 Å². The van der Waals surface area contributed by atoms with Crippen molar-refractivity contribution in [3.05, 3.63) is 47.5 Å². The van der Waals surface area contributed by atoms with E-state index in [1.54, 1.807) is 32.4 Å². The number of hydrogen-bond acceptors (Lipinski definition) is 5. The van der Waals surface area contributed by atoms with Crippen LogP contribution in [-0.2, 0) is 0 Å². The molecule has 0 amide bonds. The molecule has 24 heavy (non-hydrogen) atoms. The lowest BCUT2D eigenvalue weighted by atomic mass is 10.1. The molecule has 0 aliphatic heterocycles. The van der Waals surface area contributed by atoms with Gasteiger partial charge in [0.2, 0.25) is 0 Å². The Morgan fingerprint density at radius 3 is 2.67 bits per heavy atom. The van der Waals surface area contributed by atoms with Crippen molar-refractivity contribution < 1.29 is 14.3 Å². The second-order valence-electron chi connectivity index (χ2n) is 5.34. The molecule has 0 bridgehead atoms. The van der Waals surface area contributed by atoms with E-state index in [0.29, 0.717) is 22.8 Å². The average Bonchev–Trinajstić information content (AvgIpc) is 3.00. The molecule has 0 radical (unpaired) electrons. The van der Waals surface area contributed by atoms with Crippen molar-refractivity contribution in [1.29, 1.82) is 0 Å². The Bertz CT molecular complexity index is 889. The summed E-state index contributed by atoms with van der Waals surface area (Å²) < 4.78 is 10.4. The zero-order chi connectivity index (χ0) is 17.1. The average molecular weight is 342 g/mol. The van der Waals surface area contributed by atoms with E-state index in [0.717, 1.165) is 16.2 Å². The predicted molar refractivity (Wildman–Crippen MR) is 95.4 cm³/mol. The number of fused-ring (bicyclic) bond motifs is 1. The Kier molecular flexibility index (Phi) is 4.76. The SMILES string of the molecule is COc1ccc(C(=O)CSc2nc3ccc(C)cc3[nH]2)cc1OC. The molecule has 1 N–H and O–H groups in total. The minimum atomic E-state index is 0.0117. The lowest BCUT2D eigenvalue weighted by molar-refractivity contribution is 0.102. The third-order valence-electron chi connectivity index (χ3n) is 3.66. The molecule has 0 unspecified atom stereocenters. The van der Waals surface area contributed by atoms with Gasteiger partial charge in [0, 0.05) is 5.56 Å². The van der Waals surface area contributed by atoms with Gasteiger partial charge in [-0.25, -0.2) is 4.98 Å². The summed E-state index contributed by atoms with van der Waals surface area (Å²) in [6.45, 7) is 2.04. The fraction of sp³-hybridized carbons (Fsp3) is 0.222. The molecule has 0 aliphatic rings. The Labute approximate surface area is 144 Å². The molecule has 3 rings (SSSR count). The molecule has 0 aliphatic carbocycles. The molecular weight excluding hydrogens is 324 g/mol. The maximum atomic E-state index is 12.4. The zero-order valence-corrected chi connectivity index (χ0v) is 14.6. The lowest BCUT2D eigenvalue weighted by Crippen LogP contribution is -2.03. The van der Waals surface area contributed by atoms with Gasteiger partial charge >= 0.3 is 0 Å². The second kappa shape index (κ2) is 6.97. The quantitative estimate of drug-likeness (QED) is 0.544. The van der Waals surface area contributed by atoms with Gasteiger partial charge in [-0.05, 0) is 42.8 Å². The Morgan fingerprint density at radius 2 is 1.92 bits per heavy atom. The number of nitrogens with one attached hydrogen (secondary N) is 1. The summed E-state index contributed by atoms with van der Waals surface area (Å²) >= 11 is 1.39. The number of imidazole rings is 1. The van der Waals surface area contributed by atoms with Crippen LogP contribution < -0.4 is 9.47 Å². The number of aromatic amines is 1. The van der Waals surface area contributed by atoms with Crippen molar-refractivity contribution in [3.63, 3.8) is 0 Å². The van der Waals surface area contributed by atoms with Gasteiger partial charge in [0.05, 0.1) is 31.0 Å². The van der Waals surface area contributed by atoms with E-state index in [-0.39, 0.29) is 5.78 Å². The Hall–Kier alpha value is -2.47. The molecule has 0 saturated heterocycles. The van der Waals surface area contributed by atoms with E-state index in [9.17, 15) is 4.79 Å². The Morgan fingerprint density at radius 1 is 1.12 bits per heavy atom. The zero-order valence-electron chi connectivity index (χ0n) is 13.8. The van der Waals surface area contributed by atoms with Crippen LogP contribution >= 0.6 is 11.8 Å². The van der Waals surface area contributed by atoms with Gasteiger partial charge in [-0.2, -0.15) is 0 Å². The fourth-order valence-electron chi connectivity index (χ4n) is 2.40. The van der Waals surface area contributed by atoms with Crippen molar-refractivity contribution in [2.75, 3.05) is 20.0 Å². The van der Waals surface area contributed by atoms with Crippen molar-refractivity contribution in [1.82, 2.24) is 9.97 Å². The number of rotatable bonds is 6. The molecule has 0 atom stereocenters. The lowest BCUT2D eigenvalue weighted by Gasteiger charge is -2.08. The van der Waals surface area contributed by atoms with E-state index in [1.807, 2.05) is 25.1 Å². The largest absolute Gasteiger partial charge is 0.493 e. The summed E-state index contributed by atoms with van der Waals surface area (Å²) in [7, 11) is 3.12. The van der Waals surface area contributed by atoms with Gasteiger partial charge in [-0.1, -0.05) is 17.8 Å². The smallest absolute Gasteiger partial charge is 0.173 e. The fourth-order valence-corrected chi connectivity index (χ4v) is 3.17. The van der Waals surface area contributed by atoms with Gasteiger partial charge in [0.25, 0.3) is 0 Å². The van der Waals surface area contributed by atoms with Crippen LogP contribution in [0.1, 0.15) is 15.9 Å². The molecule has 2 aromatic carbocycles. The third kappa shape index (κ3) is 3.38. The highest BCUT2D eigenvalue weighted by Crippen LogP contribution is 2.28. The highest BCUT2D eigenvalue weighted by atomic mass is 32.2. The highest BCUT2D eigenvalue weighted by molar-refractivity contribution is 7.99. The molecule has 0 saturated carbocycles. The number of carbonyl (C=O) groups is 1. The molecule has 0 spiro atoms. The van der Waals surface area contributed by atoms with Crippen molar-refractivity contribution >= 4 is 28.6 Å². The third-order valence-corrected chi connectivity index (χ3v) is 4.53. The summed E-state index contributed by atoms with van der Waals surface area (Å²) in [4.78, 5) is 20.1. The van der Waals surface area contributed by atoms with E-state index in [2.05, 4.69) is 9.97 Å². The first-order chi connectivity index (χ1) is 11.6. The molecular formula is C18H18N2O3S. The summed E-state index contributed by atoms with van der Waals surface area (Å²) in [5.41, 5.74) is 3.65. The first-order valence-corrected chi connectivity index (χ1v) is 8.43. The molecule has 3 aromatic rings. The molecule has 0 fully saturated rings. The van der Waals surface area contributed by atoms with Gasteiger partial charge in [-0.3, -0.25) is 4.79 Å². The van der Waals surface area contributed by atoms with Crippen LogP contribution in [0.2, 0.25) is 0 Å². The van der Waals surface area contributed by atoms with Crippen LogP contribution in [0.3, 0.4) is 0 Å². The number of carbonyl (C=O) groups excluding carboxylic acids is 1. The first-order valence-electron chi connectivity index (χ1n) is 7.45. The molecule has 124 valence electrons. The number of aryl methyl sites for hydroxylation is 1. The summed E-state index contributed by atoms with van der Waals surface area (Å²) in [6.07, 6.45) is 0. The normalized spacial score (nSPS) is 10.8. The summed E-state index contributed by atoms with van der Waals surface area (Å²) in [6, 6.07) is 11.2. The van der Waals surface area contributed by atoms with Crippen LogP contribution in [0.4, 0.5) is 0 Å². The van der Waals surface area contributed by atoms with E-state index in [4.69, 9.17) is 9.47 Å². The Balaban J connectivity index is 1.72. The van der Waals surface area contributed by atoms with E-state index in [1.165, 1.54) is 17.3 Å². The second-order valence-corrected chi connectivity index (χ2v) is 6.31. The van der Waals surface area contributed by atoms with Crippen molar-refractivity contribution in [2.24, 2.45) is 0 Å². The van der Waals surface area contributed by atoms with Crippen LogP contribution in [0.15, 0.2) is 41.6 Å². The molecule has 1 heterocycles. The maximum Gasteiger partial charge on any atom is 0.173 e. The number of benzene rings is 2. The molecule has 1 aromatic heterocycles. The molecule has 6 heteroatoms. The minimum absolute atomic E-state index is 0.0117. The van der Waals surface area contributed by atoms with Crippen LogP contribution in [0.25, 0.3) is 11.0 Å². The number of Topliss-reactive ketones (excluding diaryl/α,β-unsaturated/α-hetero) is 1. The molecule has 5 nitrogen and oxygen atoms in total. The van der Waals surface area contributed by atoms with Gasteiger partial charge in [-0.15, -0.1) is 0 Å². The standard InChI is InChI=1S/C18H18N2O3S/c1-11-4-6-13-14(8-11)20-18(19-13)24-10-15(21)12-5-7-16(22-2)17(9-12)23-3/h4-9H,10H2,1-3H3,(H,19,20). The highest BCUT2D eigenvalue weighted by Gasteiger charge is 2.12. The number of ketones is 1. The van der Waals surface area contributed by atoms with Crippen LogP contribution in [0, 0.1) is 6.92 Å². The van der Waals surface area contributed by atoms with Crippen LogP contribution in [0.5, 0.6) is 11.5 Å². The number of methoxy groups -OCH3 is 2. The monoisotopic (exact) mass is 342 g/mol. The summed E-state index contributed by atoms with van der Waals surface area (Å²) in [5.74, 6) is 1.47. The van der Waals surface area contributed by atoms with Gasteiger partial charge < -0.3 is 14.5 Å². The number of H-pyrrole nitrogens is 1. The van der Waals surface area contributed by atoms with Gasteiger partial charge in [0.15, 0.2) is 22.4 Å². The number of aromatic nitrogens is 2. The topological polar surface area (TPSA) is 64.2 Å². The van der Waals surface area contributed by atoms with Gasteiger partial charge in [0.1, 0.15) is 0 Å². The first kappa shape index (κ1) is 16.4. The number of nitrogens with zero attached hydrogens (tertiary/aromatic N) is 1.